The van der Waals surface area contributed by atoms with Crippen molar-refractivity contribution in [1.82, 2.24) is 0 Å². The van der Waals surface area contributed by atoms with E-state index in [1.807, 2.05) is 0 Å². The van der Waals surface area contributed by atoms with E-state index in [0.29, 0.717) is 23.7 Å². The van der Waals surface area contributed by atoms with Gasteiger partial charge in [-0.25, -0.2) is 0 Å². The molecule has 96 valence electrons. The summed E-state index contributed by atoms with van der Waals surface area (Å²) in [6.45, 7) is 5.24. The maximum Gasteiger partial charge on any atom is 0.157 e. The molecule has 3 fully saturated rings. The Morgan fingerprint density at radius 2 is 2.12 bits per heavy atom. The second-order valence-electron chi connectivity index (χ2n) is 6.90. The van der Waals surface area contributed by atoms with Crippen LogP contribution in [-0.4, -0.2) is 25.8 Å². The molecule has 0 aromatic rings. The van der Waals surface area contributed by atoms with Crippen molar-refractivity contribution in [2.75, 3.05) is 13.7 Å². The Kier molecular flexibility index (Phi) is 2.43. The van der Waals surface area contributed by atoms with Crippen LogP contribution in [0.2, 0.25) is 0 Å². The third kappa shape index (κ3) is 1.59. The van der Waals surface area contributed by atoms with Crippen LogP contribution in [0, 0.1) is 22.7 Å². The Bertz CT molecular complexity index is 349. The zero-order valence-corrected chi connectivity index (χ0v) is 11.0. The van der Waals surface area contributed by atoms with Crippen molar-refractivity contribution in [3.63, 3.8) is 0 Å². The van der Waals surface area contributed by atoms with Crippen LogP contribution in [0.25, 0.3) is 0 Å². The number of carbonyl (C=O) groups is 1. The SMILES string of the molecule is CO[C@H]1C[C@]23CC(C)(C)C[C@H]2CC(=O)[C@@H]3CO1. The maximum absolute atomic E-state index is 12.1. The Hall–Kier alpha value is -0.410. The number of hydrogen-bond acceptors (Lipinski definition) is 3. The van der Waals surface area contributed by atoms with E-state index < -0.39 is 0 Å². The van der Waals surface area contributed by atoms with Gasteiger partial charge in [-0.2, -0.15) is 0 Å². The van der Waals surface area contributed by atoms with Crippen molar-refractivity contribution in [3.05, 3.63) is 0 Å². The molecular formula is C14H22O3. The van der Waals surface area contributed by atoms with Crippen molar-refractivity contribution >= 4 is 5.78 Å². The van der Waals surface area contributed by atoms with Crippen LogP contribution in [0.15, 0.2) is 0 Å². The van der Waals surface area contributed by atoms with Crippen LogP contribution in [0.5, 0.6) is 0 Å². The fourth-order valence-corrected chi connectivity index (χ4v) is 4.73. The van der Waals surface area contributed by atoms with E-state index in [0.717, 1.165) is 19.3 Å². The van der Waals surface area contributed by atoms with E-state index in [9.17, 15) is 4.79 Å². The standard InChI is InChI=1S/C14H22O3/c1-13(2)5-9-4-11(15)10-7-17-12(16-3)6-14(9,10)8-13/h9-10,12H,4-8H2,1-3H3/t9-,10+,12-,14+/m1/s1. The topological polar surface area (TPSA) is 35.5 Å². The quantitative estimate of drug-likeness (QED) is 0.703. The van der Waals surface area contributed by atoms with Crippen LogP contribution in [0.1, 0.15) is 39.5 Å². The van der Waals surface area contributed by atoms with E-state index in [-0.39, 0.29) is 17.6 Å². The normalized spacial score (nSPS) is 47.9. The Morgan fingerprint density at radius 3 is 2.82 bits per heavy atom. The van der Waals surface area contributed by atoms with Gasteiger partial charge < -0.3 is 9.47 Å². The Balaban J connectivity index is 1.94. The van der Waals surface area contributed by atoms with Gasteiger partial charge >= 0.3 is 0 Å². The fraction of sp³-hybridized carbons (Fsp3) is 0.929. The predicted molar refractivity (Wildman–Crippen MR) is 63.4 cm³/mol. The van der Waals surface area contributed by atoms with Gasteiger partial charge in [-0.1, -0.05) is 13.8 Å². The van der Waals surface area contributed by atoms with Crippen LogP contribution in [0.3, 0.4) is 0 Å². The van der Waals surface area contributed by atoms with E-state index in [1.165, 1.54) is 6.42 Å². The summed E-state index contributed by atoms with van der Waals surface area (Å²) in [5.74, 6) is 1.14. The first-order chi connectivity index (χ1) is 7.97. The summed E-state index contributed by atoms with van der Waals surface area (Å²) in [6.07, 6.45) is 3.92. The molecular weight excluding hydrogens is 216 g/mol. The fourth-order valence-electron chi connectivity index (χ4n) is 4.73. The predicted octanol–water partition coefficient (Wildman–Crippen LogP) is 2.39. The lowest BCUT2D eigenvalue weighted by molar-refractivity contribution is -0.199. The summed E-state index contributed by atoms with van der Waals surface area (Å²) >= 11 is 0. The first-order valence-electron chi connectivity index (χ1n) is 6.64. The molecule has 1 heterocycles. The molecule has 4 atom stereocenters. The van der Waals surface area contributed by atoms with Crippen molar-refractivity contribution in [3.8, 4) is 0 Å². The summed E-state index contributed by atoms with van der Waals surface area (Å²) in [5, 5.41) is 0. The molecule has 3 nitrogen and oxygen atoms in total. The van der Waals surface area contributed by atoms with Gasteiger partial charge in [0.25, 0.3) is 0 Å². The van der Waals surface area contributed by atoms with Crippen molar-refractivity contribution in [2.24, 2.45) is 22.7 Å². The monoisotopic (exact) mass is 238 g/mol. The lowest BCUT2D eigenvalue weighted by Crippen LogP contribution is -2.44. The molecule has 3 heteroatoms. The molecule has 0 amide bonds. The van der Waals surface area contributed by atoms with Crippen molar-refractivity contribution in [1.29, 1.82) is 0 Å². The number of methoxy groups -OCH3 is 1. The van der Waals surface area contributed by atoms with E-state index in [1.54, 1.807) is 7.11 Å². The van der Waals surface area contributed by atoms with Crippen LogP contribution in [0.4, 0.5) is 0 Å². The number of ketones is 1. The molecule has 0 N–H and O–H groups in total. The molecule has 1 spiro atoms. The highest BCUT2D eigenvalue weighted by atomic mass is 16.7. The molecule has 0 radical (unpaired) electrons. The third-order valence-corrected chi connectivity index (χ3v) is 5.21. The van der Waals surface area contributed by atoms with Crippen molar-refractivity contribution < 1.29 is 14.3 Å². The highest BCUT2D eigenvalue weighted by Crippen LogP contribution is 2.65. The highest BCUT2D eigenvalue weighted by molar-refractivity contribution is 5.85. The Morgan fingerprint density at radius 1 is 1.35 bits per heavy atom. The third-order valence-electron chi connectivity index (χ3n) is 5.21. The minimum atomic E-state index is -0.103. The first kappa shape index (κ1) is 11.7. The smallest absolute Gasteiger partial charge is 0.157 e. The van der Waals surface area contributed by atoms with Crippen molar-refractivity contribution in [2.45, 2.75) is 45.8 Å². The highest BCUT2D eigenvalue weighted by Gasteiger charge is 2.63. The number of rotatable bonds is 1. The second kappa shape index (κ2) is 3.55. The first-order valence-corrected chi connectivity index (χ1v) is 6.64. The second-order valence-corrected chi connectivity index (χ2v) is 6.90. The van der Waals surface area contributed by atoms with Gasteiger partial charge in [0.15, 0.2) is 6.29 Å². The lowest BCUT2D eigenvalue weighted by Gasteiger charge is -2.42. The minimum Gasteiger partial charge on any atom is -0.356 e. The summed E-state index contributed by atoms with van der Waals surface area (Å²) in [4.78, 5) is 12.1. The number of Topliss-reactive ketones (excluding diaryl/α,β-unsaturated/α-hetero) is 1. The van der Waals surface area contributed by atoms with Gasteiger partial charge in [-0.05, 0) is 29.6 Å². The maximum atomic E-state index is 12.1. The van der Waals surface area contributed by atoms with E-state index in [4.69, 9.17) is 9.47 Å². The van der Waals surface area contributed by atoms with Gasteiger partial charge in [0.2, 0.25) is 0 Å². The summed E-state index contributed by atoms with van der Waals surface area (Å²) in [6, 6.07) is 0. The number of hydrogen-bond donors (Lipinski definition) is 0. The molecule has 1 saturated heterocycles. The van der Waals surface area contributed by atoms with Crippen LogP contribution in [-0.2, 0) is 14.3 Å². The zero-order chi connectivity index (χ0) is 12.3. The molecule has 2 saturated carbocycles. The van der Waals surface area contributed by atoms with Crippen LogP contribution >= 0.6 is 0 Å². The number of carbonyl (C=O) groups excluding carboxylic acids is 1. The van der Waals surface area contributed by atoms with Gasteiger partial charge in [0.05, 0.1) is 6.61 Å². The molecule has 1 aliphatic heterocycles. The summed E-state index contributed by atoms with van der Waals surface area (Å²) in [5.41, 5.74) is 0.554. The molecule has 0 bridgehead atoms. The average Bonchev–Trinajstić information content (AvgIpc) is 2.62. The molecule has 0 aromatic carbocycles. The number of ether oxygens (including phenoxy) is 2. The molecule has 3 aliphatic rings. The minimum absolute atomic E-state index is 0.103. The Labute approximate surface area is 103 Å². The zero-order valence-electron chi connectivity index (χ0n) is 11.0. The molecule has 0 unspecified atom stereocenters. The largest absolute Gasteiger partial charge is 0.356 e. The average molecular weight is 238 g/mol. The summed E-state index contributed by atoms with van der Waals surface area (Å²) in [7, 11) is 1.70. The van der Waals surface area contributed by atoms with Gasteiger partial charge in [0, 0.05) is 25.9 Å². The summed E-state index contributed by atoms with van der Waals surface area (Å²) < 4.78 is 11.0. The van der Waals surface area contributed by atoms with E-state index >= 15 is 0 Å². The van der Waals surface area contributed by atoms with Gasteiger partial charge in [0.1, 0.15) is 5.78 Å². The van der Waals surface area contributed by atoms with Gasteiger partial charge in [-0.15, -0.1) is 0 Å². The lowest BCUT2D eigenvalue weighted by atomic mass is 9.68. The molecule has 17 heavy (non-hydrogen) atoms. The van der Waals surface area contributed by atoms with Crippen LogP contribution < -0.4 is 0 Å². The van der Waals surface area contributed by atoms with E-state index in [2.05, 4.69) is 13.8 Å². The molecule has 2 aliphatic carbocycles. The van der Waals surface area contributed by atoms with Gasteiger partial charge in [-0.3, -0.25) is 4.79 Å². The molecule has 3 rings (SSSR count). The molecule has 0 aromatic heterocycles.